The van der Waals surface area contributed by atoms with Gasteiger partial charge in [0, 0.05) is 11.4 Å². The minimum absolute atomic E-state index is 0.155. The number of carbonyl (C=O) groups excluding carboxylic acids is 3. The number of β-lactam (4-membered cyclic amide) rings is 1. The van der Waals surface area contributed by atoms with Crippen molar-refractivity contribution in [3.63, 3.8) is 0 Å². The van der Waals surface area contributed by atoms with Crippen LogP contribution in [0.15, 0.2) is 72.8 Å². The number of anilines is 1. The topological polar surface area (TPSA) is 171 Å². The van der Waals surface area contributed by atoms with Gasteiger partial charge in [-0.2, -0.15) is 0 Å². The molecule has 0 spiro atoms. The number of aliphatic hydroxyl groups is 1. The van der Waals surface area contributed by atoms with E-state index >= 15 is 0 Å². The maximum atomic E-state index is 13.7. The molecule has 1 heterocycles. The highest BCUT2D eigenvalue weighted by Crippen LogP contribution is 2.46. The number of nitrogens with zero attached hydrogens (tertiary/aromatic N) is 1. The van der Waals surface area contributed by atoms with Crippen LogP contribution in [-0.2, 0) is 19.2 Å². The van der Waals surface area contributed by atoms with Gasteiger partial charge in [-0.3, -0.25) is 14.4 Å². The molecule has 50 heavy (non-hydrogen) atoms. The van der Waals surface area contributed by atoms with Crippen LogP contribution in [0, 0.1) is 17.6 Å². The first-order valence-electron chi connectivity index (χ1n) is 16.7. The summed E-state index contributed by atoms with van der Waals surface area (Å²) in [7, 11) is 0. The number of nitrogens with one attached hydrogen (secondary N) is 2. The summed E-state index contributed by atoms with van der Waals surface area (Å²) in [6.45, 7) is 3.07. The monoisotopic (exact) mass is 713 g/mol. The predicted octanol–water partition coefficient (Wildman–Crippen LogP) is 4.11. The van der Waals surface area contributed by atoms with Crippen molar-refractivity contribution < 1.29 is 44.3 Å². The van der Waals surface area contributed by atoms with E-state index in [1.807, 2.05) is 0 Å². The third-order valence-corrected chi connectivity index (χ3v) is 9.49. The molecule has 1 unspecified atom stereocenters. The van der Waals surface area contributed by atoms with Gasteiger partial charge in [0.25, 0.3) is 5.91 Å². The van der Waals surface area contributed by atoms with Crippen LogP contribution in [0.25, 0.3) is 0 Å². The third kappa shape index (κ3) is 10.0. The fourth-order valence-electron chi connectivity index (χ4n) is 5.43. The average Bonchev–Trinajstić information content (AvgIpc) is 3.10. The van der Waals surface area contributed by atoms with Crippen molar-refractivity contribution in [2.45, 2.75) is 62.6 Å². The summed E-state index contributed by atoms with van der Waals surface area (Å²) in [6.07, 6.45) is 0.276. The largest absolute Gasteiger partial charge is 0.484 e. The minimum atomic E-state index is -1.27. The van der Waals surface area contributed by atoms with Gasteiger partial charge in [0.05, 0.1) is 12.1 Å². The molecule has 1 saturated heterocycles. The second-order valence-electron chi connectivity index (χ2n) is 12.2. The van der Waals surface area contributed by atoms with Gasteiger partial charge in [0.2, 0.25) is 11.8 Å². The Balaban J connectivity index is 1.42. The molecule has 6 N–H and O–H groups in total. The lowest BCUT2D eigenvalue weighted by molar-refractivity contribution is -0.142. The normalized spacial score (nSPS) is 17.7. The van der Waals surface area contributed by atoms with Crippen molar-refractivity contribution in [1.82, 2.24) is 10.6 Å². The van der Waals surface area contributed by atoms with Gasteiger partial charge in [-0.15, -0.1) is 11.8 Å². The SMILES string of the molecule is [2H]N(C(=O)COc1ccc([C@@H]2[C@@H](SCC(O)c3ccc(F)cc3)C(=O)N2c2ccc(F)cc2)cc1)[C@@H](C(=O)N[C@@H](CCCCN)C(=O)O)C(C)C. The first-order valence-corrected chi connectivity index (χ1v) is 17.3. The number of rotatable bonds is 18. The van der Waals surface area contributed by atoms with E-state index in [2.05, 4.69) is 5.32 Å². The lowest BCUT2D eigenvalue weighted by atomic mass is 9.92. The Hall–Kier alpha value is -4.53. The zero-order valence-electron chi connectivity index (χ0n) is 28.7. The van der Waals surface area contributed by atoms with E-state index in [9.17, 15) is 38.2 Å². The summed E-state index contributed by atoms with van der Waals surface area (Å²) in [6, 6.07) is 14.6. The molecule has 3 aromatic carbocycles. The Morgan fingerprint density at radius 3 is 2.20 bits per heavy atom. The van der Waals surface area contributed by atoms with Crippen molar-refractivity contribution in [3.05, 3.63) is 95.6 Å². The van der Waals surface area contributed by atoms with E-state index in [0.29, 0.717) is 41.5 Å². The smallest absolute Gasteiger partial charge is 0.326 e. The molecule has 3 aromatic rings. The molecule has 0 aliphatic carbocycles. The van der Waals surface area contributed by atoms with Crippen LogP contribution in [-0.4, -0.2) is 70.1 Å². The van der Waals surface area contributed by atoms with E-state index in [0.717, 1.165) is 0 Å². The number of aliphatic carboxylic acids is 1. The van der Waals surface area contributed by atoms with Crippen LogP contribution < -0.4 is 26.0 Å². The van der Waals surface area contributed by atoms with Crippen LogP contribution in [0.2, 0.25) is 1.41 Å². The Kier molecular flexibility index (Phi) is 13.2. The third-order valence-electron chi connectivity index (χ3n) is 8.17. The minimum Gasteiger partial charge on any atom is -0.484 e. The quantitative estimate of drug-likeness (QED) is 0.0962. The van der Waals surface area contributed by atoms with Crippen LogP contribution in [0.4, 0.5) is 14.5 Å². The maximum absolute atomic E-state index is 13.7. The number of halogens is 2. The molecule has 0 radical (unpaired) electrons. The van der Waals surface area contributed by atoms with Crippen LogP contribution >= 0.6 is 11.8 Å². The van der Waals surface area contributed by atoms with Crippen molar-refractivity contribution in [1.29, 1.82) is 0 Å². The van der Waals surface area contributed by atoms with Crippen molar-refractivity contribution in [3.8, 4) is 5.75 Å². The number of unbranched alkanes of at least 4 members (excludes halogenated alkanes) is 1. The average molecular weight is 714 g/mol. The van der Waals surface area contributed by atoms with Crippen molar-refractivity contribution in [2.75, 3.05) is 23.8 Å². The Bertz CT molecular complexity index is 1650. The molecule has 11 nitrogen and oxygen atoms in total. The molecule has 0 bridgehead atoms. The summed E-state index contributed by atoms with van der Waals surface area (Å²) < 4.78 is 41.1. The fraction of sp³-hybridized carbons (Fsp3) is 0.389. The standard InChI is InChI=1S/C36H42F2N4O7S/c1-21(2)31(34(45)40-28(36(47)48)5-3-4-18-39)41-30(44)19-49-27-16-8-23(9-17-27)32-33(35(46)42(32)26-14-12-25(38)13-15-26)50-20-29(43)22-6-10-24(37)11-7-22/h6-17,21,28-29,31-33,43H,3-5,18-20,39H2,1-2H3,(H,40,45)(H,41,44)(H,47,48)/t28-,29?,31+,32+,33+/m0/s1/i/hD. The Morgan fingerprint density at radius 2 is 1.62 bits per heavy atom. The number of hydrogen-bond acceptors (Lipinski definition) is 8. The number of hydrogen-bond donors (Lipinski definition) is 5. The molecule has 4 rings (SSSR count). The van der Waals surface area contributed by atoms with E-state index in [4.69, 9.17) is 11.9 Å². The van der Waals surface area contributed by atoms with Gasteiger partial charge in [-0.25, -0.2) is 13.6 Å². The summed E-state index contributed by atoms with van der Waals surface area (Å²) in [5.41, 5.74) is 7.17. The van der Waals surface area contributed by atoms with Crippen molar-refractivity contribution in [2.24, 2.45) is 11.7 Å². The number of carboxylic acid groups (broad SMARTS) is 1. The summed E-state index contributed by atoms with van der Waals surface area (Å²) >= 11 is 1.24. The molecular weight excluding hydrogens is 670 g/mol. The maximum Gasteiger partial charge on any atom is 0.326 e. The summed E-state index contributed by atoms with van der Waals surface area (Å²) in [5.74, 6) is -4.03. The second-order valence-corrected chi connectivity index (χ2v) is 13.4. The van der Waals surface area contributed by atoms with Gasteiger partial charge < -0.3 is 36.2 Å². The predicted molar refractivity (Wildman–Crippen MR) is 185 cm³/mol. The van der Waals surface area contributed by atoms with Gasteiger partial charge in [0.1, 0.15) is 34.7 Å². The van der Waals surface area contributed by atoms with Gasteiger partial charge in [-0.05, 0) is 91.4 Å². The van der Waals surface area contributed by atoms with Crippen LogP contribution in [0.1, 0.15) is 56.4 Å². The molecular formula is C36H42F2N4O7S. The number of aliphatic hydroxyl groups excluding tert-OH is 1. The van der Waals surface area contributed by atoms with E-state index in [-0.39, 0.29) is 23.8 Å². The first kappa shape index (κ1) is 36.7. The van der Waals surface area contributed by atoms with E-state index < -0.39 is 71.4 Å². The number of carbonyl (C=O) groups is 4. The highest BCUT2D eigenvalue weighted by Gasteiger charge is 2.49. The lowest BCUT2D eigenvalue weighted by Gasteiger charge is -2.47. The molecule has 1 aliphatic heterocycles. The van der Waals surface area contributed by atoms with Crippen molar-refractivity contribution >= 4 is 41.1 Å². The molecule has 0 aromatic heterocycles. The number of thioether (sulfide) groups is 1. The zero-order valence-corrected chi connectivity index (χ0v) is 28.5. The van der Waals surface area contributed by atoms with Gasteiger partial charge in [-0.1, -0.05) is 38.1 Å². The molecule has 5 atom stereocenters. The van der Waals surface area contributed by atoms with E-state index in [1.54, 1.807) is 38.1 Å². The van der Waals surface area contributed by atoms with E-state index in [1.165, 1.54) is 65.2 Å². The fourth-order valence-corrected chi connectivity index (χ4v) is 6.73. The molecule has 0 saturated carbocycles. The van der Waals surface area contributed by atoms with Gasteiger partial charge >= 0.3 is 5.97 Å². The molecule has 1 fully saturated rings. The second kappa shape index (κ2) is 17.9. The Labute approximate surface area is 295 Å². The molecule has 3 amide bonds. The highest BCUT2D eigenvalue weighted by molar-refractivity contribution is 8.00. The number of carboxylic acids is 1. The number of amides is 3. The summed E-state index contributed by atoms with van der Waals surface area (Å²) in [5, 5.41) is 22.6. The molecule has 1 aliphatic rings. The van der Waals surface area contributed by atoms with Crippen LogP contribution in [0.5, 0.6) is 5.75 Å². The molecule has 14 heteroatoms. The number of nitrogens with two attached hydrogens (primary N) is 1. The molecule has 268 valence electrons. The zero-order chi connectivity index (χ0) is 37.2. The number of ether oxygens (including phenoxy) is 1. The van der Waals surface area contributed by atoms with Gasteiger partial charge in [0.15, 0.2) is 8.02 Å². The van der Waals surface area contributed by atoms with Crippen LogP contribution in [0.3, 0.4) is 0 Å². The first-order chi connectivity index (χ1) is 24.3. The summed E-state index contributed by atoms with van der Waals surface area (Å²) in [4.78, 5) is 52.6. The Morgan fingerprint density at radius 1 is 1.00 bits per heavy atom. The highest BCUT2D eigenvalue weighted by atomic mass is 32.2. The lowest BCUT2D eigenvalue weighted by Crippen LogP contribution is -2.57. The number of benzene rings is 3.